The molecule has 0 aromatic heterocycles. The van der Waals surface area contributed by atoms with E-state index in [9.17, 15) is 0 Å². The molecule has 0 N–H and O–H groups in total. The van der Waals surface area contributed by atoms with Gasteiger partial charge >= 0.3 is 0 Å². The molecular formula is C19H26Si. The SMILES string of the molecule is C(=C1/CCCC1C[Si]c1ccccc1)/C1CCCCC1. The maximum absolute atomic E-state index is 2.70. The van der Waals surface area contributed by atoms with E-state index in [2.05, 4.69) is 36.4 Å². The van der Waals surface area contributed by atoms with Crippen molar-refractivity contribution in [3.63, 3.8) is 0 Å². The van der Waals surface area contributed by atoms with Gasteiger partial charge in [0.25, 0.3) is 0 Å². The quantitative estimate of drug-likeness (QED) is 0.552. The monoisotopic (exact) mass is 282 g/mol. The van der Waals surface area contributed by atoms with Gasteiger partial charge in [-0.2, -0.15) is 0 Å². The molecule has 2 fully saturated rings. The molecule has 0 bridgehead atoms. The molecule has 1 unspecified atom stereocenters. The van der Waals surface area contributed by atoms with Gasteiger partial charge < -0.3 is 0 Å². The van der Waals surface area contributed by atoms with Gasteiger partial charge in [0.05, 0.1) is 9.52 Å². The van der Waals surface area contributed by atoms with Crippen LogP contribution >= 0.6 is 0 Å². The van der Waals surface area contributed by atoms with Gasteiger partial charge in [0.15, 0.2) is 0 Å². The first-order valence-corrected chi connectivity index (χ1v) is 9.62. The van der Waals surface area contributed by atoms with E-state index in [-0.39, 0.29) is 0 Å². The average Bonchev–Trinajstić information content (AvgIpc) is 2.94. The fourth-order valence-corrected chi connectivity index (χ4v) is 5.17. The zero-order chi connectivity index (χ0) is 13.6. The van der Waals surface area contributed by atoms with E-state index >= 15 is 0 Å². The van der Waals surface area contributed by atoms with Crippen LogP contribution in [0.3, 0.4) is 0 Å². The molecule has 106 valence electrons. The largest absolute Gasteiger partial charge is 0.0819 e. The highest BCUT2D eigenvalue weighted by molar-refractivity contribution is 6.53. The van der Waals surface area contributed by atoms with E-state index in [4.69, 9.17) is 0 Å². The minimum Gasteiger partial charge on any atom is -0.0819 e. The minimum atomic E-state index is 0.899. The Kier molecular flexibility index (Phi) is 5.13. The Morgan fingerprint density at radius 3 is 2.55 bits per heavy atom. The van der Waals surface area contributed by atoms with Crippen molar-refractivity contribution in [3.8, 4) is 0 Å². The van der Waals surface area contributed by atoms with Gasteiger partial charge in [-0.25, -0.2) is 0 Å². The minimum absolute atomic E-state index is 0.899. The number of allylic oxidation sites excluding steroid dienone is 2. The molecule has 2 aliphatic carbocycles. The molecule has 3 rings (SSSR count). The second-order valence-electron chi connectivity index (χ2n) is 6.48. The van der Waals surface area contributed by atoms with Gasteiger partial charge in [-0.3, -0.25) is 0 Å². The highest BCUT2D eigenvalue weighted by Crippen LogP contribution is 2.36. The van der Waals surface area contributed by atoms with Crippen molar-refractivity contribution < 1.29 is 0 Å². The number of hydrogen-bond acceptors (Lipinski definition) is 0. The van der Waals surface area contributed by atoms with E-state index in [0.29, 0.717) is 0 Å². The Balaban J connectivity index is 1.56. The van der Waals surface area contributed by atoms with Crippen LogP contribution in [0.25, 0.3) is 0 Å². The predicted octanol–water partition coefficient (Wildman–Crippen LogP) is 4.74. The van der Waals surface area contributed by atoms with E-state index in [0.717, 1.165) is 21.4 Å². The van der Waals surface area contributed by atoms with Crippen LogP contribution in [-0.4, -0.2) is 9.52 Å². The third-order valence-electron chi connectivity index (χ3n) is 4.97. The Labute approximate surface area is 126 Å². The molecule has 0 nitrogen and oxygen atoms in total. The highest BCUT2D eigenvalue weighted by Gasteiger charge is 2.22. The molecule has 1 atom stereocenters. The van der Waals surface area contributed by atoms with Crippen LogP contribution < -0.4 is 5.19 Å². The van der Waals surface area contributed by atoms with Crippen molar-refractivity contribution in [1.29, 1.82) is 0 Å². The summed E-state index contributed by atoms with van der Waals surface area (Å²) in [6.07, 6.45) is 14.3. The maximum Gasteiger partial charge on any atom is 0.0814 e. The van der Waals surface area contributed by atoms with E-state index in [1.54, 1.807) is 0 Å². The highest BCUT2D eigenvalue weighted by atomic mass is 28.2. The molecule has 0 saturated heterocycles. The average molecular weight is 283 g/mol. The van der Waals surface area contributed by atoms with Gasteiger partial charge in [0.1, 0.15) is 0 Å². The molecule has 0 aliphatic heterocycles. The van der Waals surface area contributed by atoms with Crippen molar-refractivity contribution >= 4 is 14.7 Å². The fraction of sp³-hybridized carbons (Fsp3) is 0.579. The number of benzene rings is 1. The molecule has 20 heavy (non-hydrogen) atoms. The molecule has 0 spiro atoms. The summed E-state index contributed by atoms with van der Waals surface area (Å²) in [7, 11) is 0.996. The van der Waals surface area contributed by atoms with Gasteiger partial charge in [-0.1, -0.05) is 72.5 Å². The zero-order valence-electron chi connectivity index (χ0n) is 12.5. The van der Waals surface area contributed by atoms with Crippen molar-refractivity contribution in [3.05, 3.63) is 42.0 Å². The van der Waals surface area contributed by atoms with Crippen LogP contribution in [0.15, 0.2) is 42.0 Å². The lowest BCUT2D eigenvalue weighted by atomic mass is 9.86. The van der Waals surface area contributed by atoms with E-state index < -0.39 is 0 Å². The number of hydrogen-bond donors (Lipinski definition) is 0. The van der Waals surface area contributed by atoms with E-state index in [1.165, 1.54) is 62.6 Å². The van der Waals surface area contributed by atoms with Crippen LogP contribution in [-0.2, 0) is 0 Å². The van der Waals surface area contributed by atoms with Crippen LogP contribution in [0, 0.1) is 11.8 Å². The van der Waals surface area contributed by atoms with Gasteiger partial charge in [0, 0.05) is 0 Å². The normalized spacial score (nSPS) is 26.2. The summed E-state index contributed by atoms with van der Waals surface area (Å²) in [5.74, 6) is 1.81. The lowest BCUT2D eigenvalue weighted by molar-refractivity contribution is 0.416. The smallest absolute Gasteiger partial charge is 0.0814 e. The lowest BCUT2D eigenvalue weighted by Gasteiger charge is -2.21. The summed E-state index contributed by atoms with van der Waals surface area (Å²) >= 11 is 0. The molecule has 2 aliphatic rings. The first-order valence-electron chi connectivity index (χ1n) is 8.41. The summed E-state index contributed by atoms with van der Waals surface area (Å²) in [6, 6.07) is 12.4. The molecule has 1 aromatic carbocycles. The third-order valence-corrected chi connectivity index (χ3v) is 6.41. The van der Waals surface area contributed by atoms with Crippen LogP contribution in [0.2, 0.25) is 6.04 Å². The molecule has 2 saturated carbocycles. The van der Waals surface area contributed by atoms with Crippen LogP contribution in [0.4, 0.5) is 0 Å². The third kappa shape index (κ3) is 3.85. The topological polar surface area (TPSA) is 0 Å². The first-order chi connectivity index (χ1) is 9.92. The van der Waals surface area contributed by atoms with Crippen LogP contribution in [0.5, 0.6) is 0 Å². The number of rotatable bonds is 4. The molecule has 1 aromatic rings. The molecule has 1 heteroatoms. The van der Waals surface area contributed by atoms with Crippen LogP contribution in [0.1, 0.15) is 51.4 Å². The standard InChI is InChI=1S/C19H26Si/c1-3-8-16(9-4-1)14-17-10-7-11-18(17)15-20-19-12-5-2-6-13-19/h2,5-6,12-14,16,18H,1,3-4,7-11,15H2/b17-14+. The predicted molar refractivity (Wildman–Crippen MR) is 88.6 cm³/mol. The summed E-state index contributed by atoms with van der Waals surface area (Å²) in [5.41, 5.74) is 1.82. The Bertz CT molecular complexity index is 428. The second kappa shape index (κ2) is 7.26. The van der Waals surface area contributed by atoms with Crippen molar-refractivity contribution in [2.45, 2.75) is 57.4 Å². The first kappa shape index (κ1) is 14.1. The molecule has 0 heterocycles. The summed E-state index contributed by atoms with van der Waals surface area (Å²) < 4.78 is 0. The van der Waals surface area contributed by atoms with Crippen molar-refractivity contribution in [2.24, 2.45) is 11.8 Å². The second-order valence-corrected chi connectivity index (χ2v) is 7.81. The summed E-state index contributed by atoms with van der Waals surface area (Å²) in [4.78, 5) is 0. The van der Waals surface area contributed by atoms with Gasteiger partial charge in [-0.05, 0) is 43.9 Å². The van der Waals surface area contributed by atoms with Crippen molar-refractivity contribution in [2.75, 3.05) is 0 Å². The maximum atomic E-state index is 2.70. The lowest BCUT2D eigenvalue weighted by Crippen LogP contribution is -2.16. The Morgan fingerprint density at radius 1 is 0.950 bits per heavy atom. The Morgan fingerprint density at radius 2 is 1.75 bits per heavy atom. The molecular weight excluding hydrogens is 256 g/mol. The van der Waals surface area contributed by atoms with Gasteiger partial charge in [-0.15, -0.1) is 0 Å². The van der Waals surface area contributed by atoms with Gasteiger partial charge in [0.2, 0.25) is 0 Å². The van der Waals surface area contributed by atoms with E-state index in [1.807, 2.05) is 5.57 Å². The fourth-order valence-electron chi connectivity index (χ4n) is 3.80. The zero-order valence-corrected chi connectivity index (χ0v) is 13.5. The van der Waals surface area contributed by atoms with Crippen molar-refractivity contribution in [1.82, 2.24) is 0 Å². The Hall–Kier alpha value is -0.823. The summed E-state index contributed by atoms with van der Waals surface area (Å²) in [5, 5.41) is 1.54. The molecule has 0 amide bonds. The molecule has 2 radical (unpaired) electrons. The summed E-state index contributed by atoms with van der Waals surface area (Å²) in [6.45, 7) is 0.